The Bertz CT molecular complexity index is 1350. The summed E-state index contributed by atoms with van der Waals surface area (Å²) in [5, 5.41) is 5.05. The summed E-state index contributed by atoms with van der Waals surface area (Å²) in [6.07, 6.45) is 1.79. The summed E-state index contributed by atoms with van der Waals surface area (Å²) in [5.74, 6) is 0.715. The Morgan fingerprint density at radius 1 is 1.18 bits per heavy atom. The number of nitrogens with one attached hydrogen (secondary N) is 2. The fourth-order valence-electron chi connectivity index (χ4n) is 4.28. The summed E-state index contributed by atoms with van der Waals surface area (Å²) in [5.41, 5.74) is 0.208. The number of alkyl halides is 3. The molecule has 13 heteroatoms. The number of pyridine rings is 1. The molecule has 5 rings (SSSR count). The van der Waals surface area contributed by atoms with Crippen molar-refractivity contribution in [1.29, 1.82) is 0 Å². The molecule has 2 aliphatic rings. The molecule has 0 unspecified atom stereocenters. The molecule has 0 aromatic carbocycles. The van der Waals surface area contributed by atoms with E-state index >= 15 is 0 Å². The number of carbonyl (C=O) groups excluding carboxylic acids is 2. The van der Waals surface area contributed by atoms with E-state index in [1.807, 2.05) is 0 Å². The van der Waals surface area contributed by atoms with E-state index in [2.05, 4.69) is 30.5 Å². The summed E-state index contributed by atoms with van der Waals surface area (Å²) >= 11 is 0.834. The predicted octanol–water partition coefficient (Wildman–Crippen LogP) is 4.48. The van der Waals surface area contributed by atoms with Crippen molar-refractivity contribution < 1.29 is 27.2 Å². The third-order valence-electron chi connectivity index (χ3n) is 6.20. The van der Waals surface area contributed by atoms with E-state index in [0.29, 0.717) is 42.9 Å². The number of amides is 2. The molecule has 9 nitrogen and oxygen atoms in total. The Balaban J connectivity index is 1.16. The van der Waals surface area contributed by atoms with Gasteiger partial charge < -0.3 is 14.6 Å². The number of carbonyl (C=O) groups is 2. The lowest BCUT2D eigenvalue weighted by Gasteiger charge is -2.32. The van der Waals surface area contributed by atoms with Crippen LogP contribution in [0.15, 0.2) is 52.1 Å². The molecule has 38 heavy (non-hydrogen) atoms. The van der Waals surface area contributed by atoms with Gasteiger partial charge in [-0.1, -0.05) is 0 Å². The van der Waals surface area contributed by atoms with Crippen LogP contribution in [0.1, 0.15) is 29.8 Å². The van der Waals surface area contributed by atoms with Crippen LogP contribution in [0.25, 0.3) is 17.5 Å². The van der Waals surface area contributed by atoms with Crippen molar-refractivity contribution in [3.63, 3.8) is 0 Å². The van der Waals surface area contributed by atoms with Gasteiger partial charge >= 0.3 is 6.18 Å². The first kappa shape index (κ1) is 25.9. The van der Waals surface area contributed by atoms with Gasteiger partial charge in [0.2, 0.25) is 5.95 Å². The molecule has 3 aromatic rings. The van der Waals surface area contributed by atoms with Gasteiger partial charge in [-0.3, -0.25) is 14.9 Å². The van der Waals surface area contributed by atoms with Crippen LogP contribution in [-0.2, 0) is 17.5 Å². The van der Waals surface area contributed by atoms with Crippen molar-refractivity contribution in [2.75, 3.05) is 24.5 Å². The van der Waals surface area contributed by atoms with E-state index in [-0.39, 0.29) is 22.9 Å². The largest absolute Gasteiger partial charge is 0.463 e. The van der Waals surface area contributed by atoms with E-state index in [4.69, 9.17) is 4.42 Å². The number of halogens is 3. The summed E-state index contributed by atoms with van der Waals surface area (Å²) in [6.45, 7) is 2.26. The van der Waals surface area contributed by atoms with Crippen LogP contribution < -0.4 is 15.5 Å². The summed E-state index contributed by atoms with van der Waals surface area (Å²) in [6, 6.07) is 6.91. The standard InChI is InChI=1S/C25H23F3N6O3S/c26-25(27,28)16-10-18(31-19(11-16)20-2-1-9-37-20)14-29-13-15-4-7-34(8-5-15)23-30-6-3-17(32-23)12-21-22(35)33-24(36)38-21/h1-3,6,9-12,15,29H,4-5,7-8,13-14H2,(H,33,35,36). The van der Waals surface area contributed by atoms with Crippen LogP contribution >= 0.6 is 11.8 Å². The first-order valence-electron chi connectivity index (χ1n) is 11.9. The highest BCUT2D eigenvalue weighted by molar-refractivity contribution is 8.18. The maximum Gasteiger partial charge on any atom is 0.416 e. The van der Waals surface area contributed by atoms with E-state index in [1.54, 1.807) is 30.5 Å². The zero-order valence-electron chi connectivity index (χ0n) is 20.0. The third-order valence-corrected chi connectivity index (χ3v) is 7.01. The number of hydrogen-bond acceptors (Lipinski definition) is 9. The Hall–Kier alpha value is -3.71. The van der Waals surface area contributed by atoms with Crippen molar-refractivity contribution in [3.8, 4) is 11.5 Å². The van der Waals surface area contributed by atoms with Gasteiger partial charge in [-0.15, -0.1) is 0 Å². The summed E-state index contributed by atoms with van der Waals surface area (Å²) in [7, 11) is 0. The minimum atomic E-state index is -4.48. The number of aromatic nitrogens is 3. The second-order valence-corrected chi connectivity index (χ2v) is 9.92. The fraction of sp³-hybridized carbons (Fsp3) is 0.320. The molecule has 0 spiro atoms. The molecule has 3 aromatic heterocycles. The SMILES string of the molecule is O=C1NC(=O)C(=Cc2ccnc(N3CCC(CNCc4cc(C(F)(F)F)cc(-c5ccco5)n4)CC3)n2)S1. The molecule has 2 aliphatic heterocycles. The Morgan fingerprint density at radius 3 is 2.68 bits per heavy atom. The quantitative estimate of drug-likeness (QED) is 0.416. The molecule has 2 saturated heterocycles. The van der Waals surface area contributed by atoms with Gasteiger partial charge in [0.15, 0.2) is 5.76 Å². The number of hydrogen-bond donors (Lipinski definition) is 2. The van der Waals surface area contributed by atoms with E-state index in [0.717, 1.165) is 36.7 Å². The molecule has 0 saturated carbocycles. The molecule has 0 radical (unpaired) electrons. The molecule has 198 valence electrons. The van der Waals surface area contributed by atoms with Gasteiger partial charge in [0.1, 0.15) is 5.69 Å². The molecule has 5 heterocycles. The molecule has 2 amide bonds. The minimum Gasteiger partial charge on any atom is -0.463 e. The molecule has 0 aliphatic carbocycles. The number of furan rings is 1. The lowest BCUT2D eigenvalue weighted by atomic mass is 9.97. The predicted molar refractivity (Wildman–Crippen MR) is 135 cm³/mol. The fourth-order valence-corrected chi connectivity index (χ4v) is 4.95. The Kier molecular flexibility index (Phi) is 7.47. The Labute approximate surface area is 219 Å². The highest BCUT2D eigenvalue weighted by Gasteiger charge is 2.32. The molecule has 0 atom stereocenters. The van der Waals surface area contributed by atoms with Gasteiger partial charge in [0, 0.05) is 25.8 Å². The summed E-state index contributed by atoms with van der Waals surface area (Å²) in [4.78, 5) is 38.7. The molecular weight excluding hydrogens is 521 g/mol. The monoisotopic (exact) mass is 544 g/mol. The molecule has 0 bridgehead atoms. The van der Waals surface area contributed by atoms with Gasteiger partial charge in [-0.25, -0.2) is 15.0 Å². The smallest absolute Gasteiger partial charge is 0.416 e. The number of nitrogens with zero attached hydrogens (tertiary/aromatic N) is 4. The lowest BCUT2D eigenvalue weighted by molar-refractivity contribution is -0.137. The molecule has 2 N–H and O–H groups in total. The highest BCUT2D eigenvalue weighted by atomic mass is 32.2. The average Bonchev–Trinajstić information content (AvgIpc) is 3.54. The number of imide groups is 1. The number of thioether (sulfide) groups is 1. The molecular formula is C25H23F3N6O3S. The Morgan fingerprint density at radius 2 is 2.00 bits per heavy atom. The minimum absolute atomic E-state index is 0.145. The third kappa shape index (κ3) is 6.22. The number of rotatable bonds is 7. The van der Waals surface area contributed by atoms with Gasteiger partial charge in [-0.2, -0.15) is 13.2 Å². The second kappa shape index (κ2) is 11.0. The second-order valence-electron chi connectivity index (χ2n) is 8.90. The van der Waals surface area contributed by atoms with Crippen molar-refractivity contribution in [2.24, 2.45) is 5.92 Å². The highest BCUT2D eigenvalue weighted by Crippen LogP contribution is 2.32. The maximum absolute atomic E-state index is 13.4. The summed E-state index contributed by atoms with van der Waals surface area (Å²) < 4.78 is 45.5. The number of piperidine rings is 1. The lowest BCUT2D eigenvalue weighted by Crippen LogP contribution is -2.38. The van der Waals surface area contributed by atoms with E-state index < -0.39 is 22.9 Å². The van der Waals surface area contributed by atoms with Gasteiger partial charge in [0.25, 0.3) is 11.1 Å². The van der Waals surface area contributed by atoms with Crippen molar-refractivity contribution in [1.82, 2.24) is 25.6 Å². The van der Waals surface area contributed by atoms with Crippen LogP contribution in [-0.4, -0.2) is 45.7 Å². The van der Waals surface area contributed by atoms with E-state index in [1.165, 1.54) is 6.26 Å². The maximum atomic E-state index is 13.4. The zero-order valence-corrected chi connectivity index (χ0v) is 20.8. The van der Waals surface area contributed by atoms with Crippen LogP contribution in [0.5, 0.6) is 0 Å². The van der Waals surface area contributed by atoms with Crippen molar-refractivity contribution in [2.45, 2.75) is 25.6 Å². The van der Waals surface area contributed by atoms with E-state index in [9.17, 15) is 22.8 Å². The average molecular weight is 545 g/mol. The normalized spacial score (nSPS) is 17.9. The first-order valence-corrected chi connectivity index (χ1v) is 12.7. The van der Waals surface area contributed by atoms with Crippen LogP contribution in [0.3, 0.4) is 0 Å². The van der Waals surface area contributed by atoms with Gasteiger partial charge in [-0.05, 0) is 73.5 Å². The topological polar surface area (TPSA) is 113 Å². The van der Waals surface area contributed by atoms with Crippen molar-refractivity contribution >= 4 is 34.9 Å². The van der Waals surface area contributed by atoms with Crippen LogP contribution in [0, 0.1) is 5.92 Å². The van der Waals surface area contributed by atoms with Gasteiger partial charge in [0.05, 0.1) is 28.1 Å². The first-order chi connectivity index (χ1) is 18.2. The number of anilines is 1. The zero-order chi connectivity index (χ0) is 26.7. The molecule has 2 fully saturated rings. The van der Waals surface area contributed by atoms with Crippen molar-refractivity contribution in [3.05, 3.63) is 64.6 Å². The van der Waals surface area contributed by atoms with Crippen LogP contribution in [0.4, 0.5) is 23.9 Å². The van der Waals surface area contributed by atoms with Crippen LogP contribution in [0.2, 0.25) is 0 Å².